The summed E-state index contributed by atoms with van der Waals surface area (Å²) >= 11 is 0. The van der Waals surface area contributed by atoms with Crippen LogP contribution in [-0.2, 0) is 9.84 Å². The van der Waals surface area contributed by atoms with Crippen LogP contribution in [0, 0.1) is 17.2 Å². The molecule has 11 heavy (non-hydrogen) atoms. The molecule has 1 aliphatic carbocycles. The first-order valence-corrected chi connectivity index (χ1v) is 5.31. The number of hydrogen-bond acceptors (Lipinski definition) is 4. The molecule has 4 nitrogen and oxygen atoms in total. The molecule has 0 spiro atoms. The van der Waals surface area contributed by atoms with Crippen molar-refractivity contribution in [3.63, 3.8) is 0 Å². The summed E-state index contributed by atoms with van der Waals surface area (Å²) in [6.07, 6.45) is 1.67. The monoisotopic (exact) mass is 174 g/mol. The van der Waals surface area contributed by atoms with E-state index in [2.05, 4.69) is 0 Å². The van der Waals surface area contributed by atoms with Crippen LogP contribution in [0.5, 0.6) is 0 Å². The van der Waals surface area contributed by atoms with E-state index in [0.29, 0.717) is 6.42 Å². The minimum absolute atomic E-state index is 0.0387. The van der Waals surface area contributed by atoms with Gasteiger partial charge in [0.1, 0.15) is 15.4 Å². The number of nitriles is 1. The van der Waals surface area contributed by atoms with E-state index in [0.717, 1.165) is 6.26 Å². The third kappa shape index (κ3) is 1.91. The molecule has 0 heterocycles. The van der Waals surface area contributed by atoms with Gasteiger partial charge in [0.05, 0.1) is 11.8 Å². The molecule has 1 saturated carbocycles. The quantitative estimate of drug-likeness (QED) is 0.598. The van der Waals surface area contributed by atoms with Gasteiger partial charge in [-0.15, -0.1) is 0 Å². The van der Waals surface area contributed by atoms with E-state index < -0.39 is 15.4 Å². The van der Waals surface area contributed by atoms with Crippen molar-refractivity contribution < 1.29 is 8.42 Å². The lowest BCUT2D eigenvalue weighted by molar-refractivity contribution is 0.595. The van der Waals surface area contributed by atoms with Crippen LogP contribution in [0.15, 0.2) is 0 Å². The van der Waals surface area contributed by atoms with Crippen molar-refractivity contribution in [2.24, 2.45) is 11.7 Å². The molecule has 0 saturated heterocycles. The number of hydrogen-bond donors (Lipinski definition) is 1. The summed E-state index contributed by atoms with van der Waals surface area (Å²) in [7, 11) is -2.97. The molecular formula is C6H10N2O2S. The topological polar surface area (TPSA) is 83.9 Å². The van der Waals surface area contributed by atoms with Crippen LogP contribution in [0.2, 0.25) is 0 Å². The highest BCUT2D eigenvalue weighted by atomic mass is 32.2. The van der Waals surface area contributed by atoms with Crippen LogP contribution in [0.25, 0.3) is 0 Å². The lowest BCUT2D eigenvalue weighted by Gasteiger charge is -1.97. The maximum Gasteiger partial charge on any atom is 0.147 e. The summed E-state index contributed by atoms with van der Waals surface area (Å²) in [5, 5.41) is 8.46. The molecule has 5 heteroatoms. The molecule has 0 unspecified atom stereocenters. The standard InChI is InChI=1S/C6H10N2O2S/c1-11(9,10)3-5-2-6(5,8)4-7/h5H,2-3,8H2,1H3/t5-,6+/m1/s1. The Hall–Kier alpha value is -0.600. The van der Waals surface area contributed by atoms with E-state index >= 15 is 0 Å². The molecule has 2 atom stereocenters. The second-order valence-electron chi connectivity index (χ2n) is 3.15. The summed E-state index contributed by atoms with van der Waals surface area (Å²) in [6.45, 7) is 0. The smallest absolute Gasteiger partial charge is 0.147 e. The van der Waals surface area contributed by atoms with Crippen molar-refractivity contribution in [2.45, 2.75) is 12.0 Å². The maximum absolute atomic E-state index is 10.7. The number of sulfone groups is 1. The highest BCUT2D eigenvalue weighted by Gasteiger charge is 2.52. The number of nitrogens with zero attached hydrogens (tertiary/aromatic N) is 1. The van der Waals surface area contributed by atoms with Gasteiger partial charge < -0.3 is 5.73 Å². The van der Waals surface area contributed by atoms with Crippen LogP contribution >= 0.6 is 0 Å². The summed E-state index contributed by atoms with van der Waals surface area (Å²) in [5.41, 5.74) is 4.61. The zero-order chi connectivity index (χ0) is 8.70. The molecular weight excluding hydrogens is 164 g/mol. The average Bonchev–Trinajstić information content (AvgIpc) is 2.40. The fraction of sp³-hybridized carbons (Fsp3) is 0.833. The Morgan fingerprint density at radius 1 is 1.82 bits per heavy atom. The predicted molar refractivity (Wildman–Crippen MR) is 40.3 cm³/mol. The Kier molecular flexibility index (Phi) is 1.69. The van der Waals surface area contributed by atoms with Crippen molar-refractivity contribution in [1.29, 1.82) is 5.26 Å². The Morgan fingerprint density at radius 3 is 2.64 bits per heavy atom. The third-order valence-electron chi connectivity index (χ3n) is 1.86. The Balaban J connectivity index is 2.55. The molecule has 0 aromatic rings. The van der Waals surface area contributed by atoms with Gasteiger partial charge in [-0.05, 0) is 6.42 Å². The molecule has 0 aromatic heterocycles. The maximum atomic E-state index is 10.7. The largest absolute Gasteiger partial charge is 0.313 e. The number of rotatable bonds is 2. The van der Waals surface area contributed by atoms with Gasteiger partial charge in [0.15, 0.2) is 0 Å². The average molecular weight is 174 g/mol. The molecule has 1 fully saturated rings. The van der Waals surface area contributed by atoms with Crippen LogP contribution in [-0.4, -0.2) is 26.0 Å². The minimum Gasteiger partial charge on any atom is -0.313 e. The third-order valence-corrected chi connectivity index (χ3v) is 2.87. The van der Waals surface area contributed by atoms with Crippen molar-refractivity contribution in [3.05, 3.63) is 0 Å². The van der Waals surface area contributed by atoms with E-state index in [-0.39, 0.29) is 11.7 Å². The van der Waals surface area contributed by atoms with Gasteiger partial charge in [-0.2, -0.15) is 5.26 Å². The van der Waals surface area contributed by atoms with E-state index in [1.807, 2.05) is 6.07 Å². The van der Waals surface area contributed by atoms with Gasteiger partial charge in [0.2, 0.25) is 0 Å². The number of nitrogens with two attached hydrogens (primary N) is 1. The molecule has 1 aliphatic rings. The molecule has 0 aromatic carbocycles. The highest BCUT2D eigenvalue weighted by Crippen LogP contribution is 2.40. The first-order chi connectivity index (χ1) is 4.87. The highest BCUT2D eigenvalue weighted by molar-refractivity contribution is 7.90. The normalized spacial score (nSPS) is 36.3. The van der Waals surface area contributed by atoms with Gasteiger partial charge in [-0.3, -0.25) is 0 Å². The minimum atomic E-state index is -2.97. The van der Waals surface area contributed by atoms with Crippen LogP contribution in [0.1, 0.15) is 6.42 Å². The van der Waals surface area contributed by atoms with E-state index in [9.17, 15) is 8.42 Å². The van der Waals surface area contributed by atoms with E-state index in [1.54, 1.807) is 0 Å². The summed E-state index contributed by atoms with van der Waals surface area (Å²) in [4.78, 5) is 0. The first kappa shape index (κ1) is 8.50. The molecule has 1 rings (SSSR count). The lowest BCUT2D eigenvalue weighted by Crippen LogP contribution is -2.25. The second-order valence-corrected chi connectivity index (χ2v) is 5.33. The van der Waals surface area contributed by atoms with Crippen LogP contribution in [0.4, 0.5) is 0 Å². The van der Waals surface area contributed by atoms with E-state index in [1.165, 1.54) is 0 Å². The van der Waals surface area contributed by atoms with Gasteiger partial charge in [-0.25, -0.2) is 8.42 Å². The molecule has 0 aliphatic heterocycles. The van der Waals surface area contributed by atoms with E-state index in [4.69, 9.17) is 11.0 Å². The lowest BCUT2D eigenvalue weighted by atomic mass is 10.3. The second kappa shape index (κ2) is 2.19. The van der Waals surface area contributed by atoms with Crippen LogP contribution < -0.4 is 5.73 Å². The van der Waals surface area contributed by atoms with Crippen molar-refractivity contribution in [1.82, 2.24) is 0 Å². The van der Waals surface area contributed by atoms with Crippen molar-refractivity contribution >= 4 is 9.84 Å². The van der Waals surface area contributed by atoms with Crippen LogP contribution in [0.3, 0.4) is 0 Å². The zero-order valence-corrected chi connectivity index (χ0v) is 7.06. The predicted octanol–water partition coefficient (Wildman–Crippen LogP) is -0.728. The Bertz CT molecular complexity index is 303. The zero-order valence-electron chi connectivity index (χ0n) is 6.24. The van der Waals surface area contributed by atoms with Gasteiger partial charge in [0.25, 0.3) is 0 Å². The molecule has 0 bridgehead atoms. The Morgan fingerprint density at radius 2 is 2.36 bits per heavy atom. The van der Waals surface area contributed by atoms with Crippen molar-refractivity contribution in [3.8, 4) is 6.07 Å². The summed E-state index contributed by atoms with van der Waals surface area (Å²) in [5.74, 6) is -0.112. The van der Waals surface area contributed by atoms with Gasteiger partial charge in [0, 0.05) is 12.2 Å². The fourth-order valence-electron chi connectivity index (χ4n) is 1.06. The molecule has 0 amide bonds. The van der Waals surface area contributed by atoms with Gasteiger partial charge in [-0.1, -0.05) is 0 Å². The molecule has 62 valence electrons. The fourth-order valence-corrected chi connectivity index (χ4v) is 2.20. The molecule has 0 radical (unpaired) electrons. The van der Waals surface area contributed by atoms with Crippen molar-refractivity contribution in [2.75, 3.05) is 12.0 Å². The summed E-state index contributed by atoms with van der Waals surface area (Å²) in [6, 6.07) is 1.90. The Labute approximate surface area is 65.9 Å². The molecule has 2 N–H and O–H groups in total. The SMILES string of the molecule is CS(=O)(=O)C[C@H]1C[C@]1(N)C#N. The van der Waals surface area contributed by atoms with Gasteiger partial charge >= 0.3 is 0 Å². The summed E-state index contributed by atoms with van der Waals surface area (Å²) < 4.78 is 21.4. The first-order valence-electron chi connectivity index (χ1n) is 3.25.